The fourth-order valence-corrected chi connectivity index (χ4v) is 3.51. The topological polar surface area (TPSA) is 79.7 Å². The van der Waals surface area contributed by atoms with Gasteiger partial charge in [-0.1, -0.05) is 30.3 Å². The van der Waals surface area contributed by atoms with E-state index in [0.29, 0.717) is 18.7 Å². The first kappa shape index (κ1) is 15.7. The largest absolute Gasteiger partial charge is 0.328 e. The zero-order valence-electron chi connectivity index (χ0n) is 14.7. The van der Waals surface area contributed by atoms with Gasteiger partial charge in [-0.3, -0.25) is 9.89 Å². The van der Waals surface area contributed by atoms with Crippen molar-refractivity contribution in [2.45, 2.75) is 26.1 Å². The maximum atomic E-state index is 12.8. The van der Waals surface area contributed by atoms with Gasteiger partial charge in [0.1, 0.15) is 5.52 Å². The van der Waals surface area contributed by atoms with Crippen molar-refractivity contribution in [2.24, 2.45) is 0 Å². The molecule has 1 aromatic carbocycles. The fraction of sp³-hybridized carbons (Fsp3) is 0.200. The number of fused-ring (bicyclic) bond motifs is 2. The van der Waals surface area contributed by atoms with Gasteiger partial charge in [0.25, 0.3) is 5.91 Å². The molecule has 7 nitrogen and oxygen atoms in total. The first-order valence-electron chi connectivity index (χ1n) is 8.93. The first-order valence-corrected chi connectivity index (χ1v) is 8.93. The molecule has 0 fully saturated rings. The molecular formula is C20H18N6O. The van der Waals surface area contributed by atoms with Gasteiger partial charge in [0, 0.05) is 24.8 Å². The summed E-state index contributed by atoms with van der Waals surface area (Å²) in [6, 6.07) is 12.2. The Labute approximate surface area is 155 Å². The number of aryl methyl sites for hydroxylation is 2. The Hall–Kier alpha value is -3.48. The highest BCUT2D eigenvalue weighted by molar-refractivity contribution is 5.96. The lowest BCUT2D eigenvalue weighted by atomic mass is 10.1. The second kappa shape index (κ2) is 6.35. The van der Waals surface area contributed by atoms with Crippen molar-refractivity contribution in [1.29, 1.82) is 0 Å². The summed E-state index contributed by atoms with van der Waals surface area (Å²) in [6.45, 7) is 1.93. The third-order valence-corrected chi connectivity index (χ3v) is 4.99. The van der Waals surface area contributed by atoms with Crippen LogP contribution >= 0.6 is 0 Å². The SMILES string of the molecule is O=C(c1cnc2c(c1)ncn2CCc1ccccc1)N1Cc2cn[nH]c2C1. The number of rotatable bonds is 4. The minimum atomic E-state index is -0.0344. The lowest BCUT2D eigenvalue weighted by molar-refractivity contribution is 0.0749. The number of aromatic amines is 1. The second-order valence-electron chi connectivity index (χ2n) is 6.78. The number of aromatic nitrogens is 5. The van der Waals surface area contributed by atoms with Gasteiger partial charge in [-0.15, -0.1) is 0 Å². The van der Waals surface area contributed by atoms with Gasteiger partial charge in [-0.25, -0.2) is 9.97 Å². The highest BCUT2D eigenvalue weighted by Gasteiger charge is 2.26. The summed E-state index contributed by atoms with van der Waals surface area (Å²) < 4.78 is 2.03. The van der Waals surface area contributed by atoms with Gasteiger partial charge in [0.15, 0.2) is 5.65 Å². The van der Waals surface area contributed by atoms with Crippen LogP contribution in [0, 0.1) is 0 Å². The molecule has 0 aliphatic carbocycles. The maximum absolute atomic E-state index is 12.8. The Balaban J connectivity index is 1.34. The van der Waals surface area contributed by atoms with Gasteiger partial charge in [-0.2, -0.15) is 5.10 Å². The maximum Gasteiger partial charge on any atom is 0.256 e. The van der Waals surface area contributed by atoms with Gasteiger partial charge in [0.2, 0.25) is 0 Å². The molecule has 1 amide bonds. The summed E-state index contributed by atoms with van der Waals surface area (Å²) in [5, 5.41) is 6.94. The number of hydrogen-bond donors (Lipinski definition) is 1. The van der Waals surface area contributed by atoms with Crippen molar-refractivity contribution in [1.82, 2.24) is 29.6 Å². The van der Waals surface area contributed by atoms with Crippen LogP contribution < -0.4 is 0 Å². The molecule has 3 aromatic heterocycles. The van der Waals surface area contributed by atoms with E-state index in [9.17, 15) is 4.79 Å². The van der Waals surface area contributed by atoms with E-state index in [1.54, 1.807) is 23.6 Å². The van der Waals surface area contributed by atoms with E-state index in [4.69, 9.17) is 0 Å². The van der Waals surface area contributed by atoms with Crippen LogP contribution in [0.4, 0.5) is 0 Å². The van der Waals surface area contributed by atoms with Crippen molar-refractivity contribution >= 4 is 17.1 Å². The van der Waals surface area contributed by atoms with Crippen LogP contribution in [0.15, 0.2) is 55.1 Å². The summed E-state index contributed by atoms with van der Waals surface area (Å²) in [5.74, 6) is -0.0344. The molecule has 1 N–H and O–H groups in total. The second-order valence-corrected chi connectivity index (χ2v) is 6.78. The van der Waals surface area contributed by atoms with E-state index in [1.165, 1.54) is 5.56 Å². The van der Waals surface area contributed by atoms with Crippen molar-refractivity contribution in [3.63, 3.8) is 0 Å². The molecule has 0 atom stereocenters. The zero-order chi connectivity index (χ0) is 18.2. The smallest absolute Gasteiger partial charge is 0.256 e. The number of imidazole rings is 1. The molecule has 7 heteroatoms. The predicted molar refractivity (Wildman–Crippen MR) is 99.8 cm³/mol. The van der Waals surface area contributed by atoms with Crippen LogP contribution in [0.5, 0.6) is 0 Å². The molecule has 0 radical (unpaired) electrons. The number of hydrogen-bond acceptors (Lipinski definition) is 4. The van der Waals surface area contributed by atoms with Gasteiger partial charge in [0.05, 0.1) is 30.3 Å². The predicted octanol–water partition coefficient (Wildman–Crippen LogP) is 2.55. The van der Waals surface area contributed by atoms with Crippen molar-refractivity contribution < 1.29 is 4.79 Å². The highest BCUT2D eigenvalue weighted by atomic mass is 16.2. The molecule has 0 saturated carbocycles. The molecule has 0 saturated heterocycles. The standard InChI is InChI=1S/C20H18N6O/c27-20(26-11-16-10-23-24-18(16)12-26)15-8-17-19(21-9-15)25(13-22-17)7-6-14-4-2-1-3-5-14/h1-5,8-10,13H,6-7,11-12H2,(H,23,24). The summed E-state index contributed by atoms with van der Waals surface area (Å²) in [6.07, 6.45) is 6.13. The van der Waals surface area contributed by atoms with Gasteiger partial charge >= 0.3 is 0 Å². The van der Waals surface area contributed by atoms with Crippen LogP contribution in [0.3, 0.4) is 0 Å². The van der Waals surface area contributed by atoms with Crippen molar-refractivity contribution in [3.05, 3.63) is 77.5 Å². The lowest BCUT2D eigenvalue weighted by Crippen LogP contribution is -2.25. The third-order valence-electron chi connectivity index (χ3n) is 4.99. The van der Waals surface area contributed by atoms with E-state index >= 15 is 0 Å². The molecule has 4 aromatic rings. The first-order chi connectivity index (χ1) is 13.3. The van der Waals surface area contributed by atoms with Crippen molar-refractivity contribution in [3.8, 4) is 0 Å². The van der Waals surface area contributed by atoms with E-state index in [2.05, 4.69) is 32.3 Å². The Kier molecular flexibility index (Phi) is 3.71. The number of carbonyl (C=O) groups excluding carboxylic acids is 1. The Bertz CT molecular complexity index is 1090. The van der Waals surface area contributed by atoms with Crippen LogP contribution in [-0.4, -0.2) is 35.5 Å². The van der Waals surface area contributed by atoms with Crippen LogP contribution in [0.1, 0.15) is 27.2 Å². The molecule has 0 spiro atoms. The number of pyridine rings is 1. The normalized spacial score (nSPS) is 13.3. The van der Waals surface area contributed by atoms with Crippen LogP contribution in [-0.2, 0) is 26.1 Å². The minimum absolute atomic E-state index is 0.0344. The molecule has 27 heavy (non-hydrogen) atoms. The third kappa shape index (κ3) is 2.87. The summed E-state index contributed by atoms with van der Waals surface area (Å²) in [4.78, 5) is 23.5. The van der Waals surface area contributed by atoms with Crippen molar-refractivity contribution in [2.75, 3.05) is 0 Å². The average Bonchev–Trinajstić information content (AvgIpc) is 3.41. The molecular weight excluding hydrogens is 340 g/mol. The molecule has 4 heterocycles. The molecule has 1 aliphatic rings. The van der Waals surface area contributed by atoms with Crippen LogP contribution in [0.25, 0.3) is 11.2 Å². The molecule has 0 unspecified atom stereocenters. The fourth-order valence-electron chi connectivity index (χ4n) is 3.51. The number of amides is 1. The Morgan fingerprint density at radius 2 is 2.00 bits per heavy atom. The van der Waals surface area contributed by atoms with E-state index < -0.39 is 0 Å². The molecule has 134 valence electrons. The quantitative estimate of drug-likeness (QED) is 0.608. The average molecular weight is 358 g/mol. The Morgan fingerprint density at radius 3 is 2.85 bits per heavy atom. The van der Waals surface area contributed by atoms with Gasteiger partial charge < -0.3 is 9.47 Å². The highest BCUT2D eigenvalue weighted by Crippen LogP contribution is 2.23. The van der Waals surface area contributed by atoms with Gasteiger partial charge in [-0.05, 0) is 18.1 Å². The van der Waals surface area contributed by atoms with E-state index in [0.717, 1.165) is 35.4 Å². The molecule has 1 aliphatic heterocycles. The number of benzene rings is 1. The molecule has 5 rings (SSSR count). The summed E-state index contributed by atoms with van der Waals surface area (Å²) >= 11 is 0. The van der Waals surface area contributed by atoms with E-state index in [1.807, 2.05) is 28.8 Å². The summed E-state index contributed by atoms with van der Waals surface area (Å²) in [7, 11) is 0. The number of nitrogens with one attached hydrogen (secondary N) is 1. The zero-order valence-corrected chi connectivity index (χ0v) is 14.7. The monoisotopic (exact) mass is 358 g/mol. The Morgan fingerprint density at radius 1 is 1.11 bits per heavy atom. The molecule has 0 bridgehead atoms. The minimum Gasteiger partial charge on any atom is -0.328 e. The number of carbonyl (C=O) groups is 1. The summed E-state index contributed by atoms with van der Waals surface area (Å²) in [5.41, 5.74) is 5.46. The van der Waals surface area contributed by atoms with Crippen LogP contribution in [0.2, 0.25) is 0 Å². The number of nitrogens with zero attached hydrogens (tertiary/aromatic N) is 5. The lowest BCUT2D eigenvalue weighted by Gasteiger charge is -2.15. The number of H-pyrrole nitrogens is 1. The van der Waals surface area contributed by atoms with E-state index in [-0.39, 0.29) is 5.91 Å².